The summed E-state index contributed by atoms with van der Waals surface area (Å²) in [7, 11) is 0. The van der Waals surface area contributed by atoms with E-state index in [0.717, 1.165) is 6.20 Å². The second kappa shape index (κ2) is 4.59. The summed E-state index contributed by atoms with van der Waals surface area (Å²) < 4.78 is 17.9. The van der Waals surface area contributed by atoms with Gasteiger partial charge in [0.05, 0.1) is 11.8 Å². The Labute approximate surface area is 111 Å². The van der Waals surface area contributed by atoms with Gasteiger partial charge in [0.15, 0.2) is 0 Å². The zero-order valence-electron chi connectivity index (χ0n) is 9.37. The molecule has 0 amide bonds. The summed E-state index contributed by atoms with van der Waals surface area (Å²) in [5, 5.41) is 14.5. The second-order valence-corrected chi connectivity index (χ2v) is 4.48. The number of thiophene rings is 1. The van der Waals surface area contributed by atoms with Gasteiger partial charge in [0, 0.05) is 0 Å². The van der Waals surface area contributed by atoms with Crippen molar-refractivity contribution in [3.8, 4) is 28.4 Å². The summed E-state index contributed by atoms with van der Waals surface area (Å²) in [6, 6.07) is 6.46. The van der Waals surface area contributed by atoms with E-state index < -0.39 is 5.82 Å². The molecular formula is C12H5FN4OS. The van der Waals surface area contributed by atoms with Crippen LogP contribution < -0.4 is 0 Å². The van der Waals surface area contributed by atoms with Gasteiger partial charge in [-0.3, -0.25) is 0 Å². The standard InChI is InChI=1S/C12H5FN4OS/c13-8-1-2-9(15-6-8)11-16-12(18-17-11)10-7(5-14)3-4-19-10/h1-4,6H. The fourth-order valence-corrected chi connectivity index (χ4v) is 2.26. The van der Waals surface area contributed by atoms with Crippen molar-refractivity contribution in [1.82, 2.24) is 15.1 Å². The molecule has 0 saturated heterocycles. The average molecular weight is 272 g/mol. The summed E-state index contributed by atoms with van der Waals surface area (Å²) in [6.07, 6.45) is 1.08. The number of pyridine rings is 1. The van der Waals surface area contributed by atoms with Crippen LogP contribution in [0.1, 0.15) is 5.56 Å². The zero-order chi connectivity index (χ0) is 13.2. The maximum absolute atomic E-state index is 12.8. The number of hydrogen-bond donors (Lipinski definition) is 0. The van der Waals surface area contributed by atoms with Crippen LogP contribution in [0.2, 0.25) is 0 Å². The third-order valence-electron chi connectivity index (χ3n) is 2.36. The highest BCUT2D eigenvalue weighted by atomic mass is 32.1. The lowest BCUT2D eigenvalue weighted by Crippen LogP contribution is -1.86. The molecule has 0 N–H and O–H groups in total. The van der Waals surface area contributed by atoms with Gasteiger partial charge in [-0.2, -0.15) is 10.2 Å². The Morgan fingerprint density at radius 2 is 2.21 bits per heavy atom. The van der Waals surface area contributed by atoms with Crippen LogP contribution in [0.25, 0.3) is 22.3 Å². The van der Waals surface area contributed by atoms with E-state index in [-0.39, 0.29) is 11.7 Å². The molecule has 0 unspecified atom stereocenters. The van der Waals surface area contributed by atoms with E-state index in [9.17, 15) is 4.39 Å². The van der Waals surface area contributed by atoms with E-state index in [1.807, 2.05) is 6.07 Å². The van der Waals surface area contributed by atoms with Crippen molar-refractivity contribution < 1.29 is 8.91 Å². The number of hydrogen-bond acceptors (Lipinski definition) is 6. The molecule has 0 spiro atoms. The molecule has 0 aliphatic heterocycles. The average Bonchev–Trinajstić information content (AvgIpc) is 3.07. The molecule has 0 saturated carbocycles. The first-order valence-electron chi connectivity index (χ1n) is 5.21. The number of aromatic nitrogens is 3. The summed E-state index contributed by atoms with van der Waals surface area (Å²) in [6.45, 7) is 0. The van der Waals surface area contributed by atoms with Crippen LogP contribution >= 0.6 is 11.3 Å². The molecule has 92 valence electrons. The molecular weight excluding hydrogens is 267 g/mol. The predicted molar refractivity (Wildman–Crippen MR) is 65.5 cm³/mol. The van der Waals surface area contributed by atoms with Crippen molar-refractivity contribution in [1.29, 1.82) is 5.26 Å². The number of halogens is 1. The largest absolute Gasteiger partial charge is 0.333 e. The molecule has 0 aliphatic carbocycles. The van der Waals surface area contributed by atoms with E-state index in [2.05, 4.69) is 15.1 Å². The van der Waals surface area contributed by atoms with Crippen LogP contribution in [-0.4, -0.2) is 15.1 Å². The molecule has 0 fully saturated rings. The van der Waals surface area contributed by atoms with E-state index in [0.29, 0.717) is 16.1 Å². The minimum absolute atomic E-state index is 0.257. The molecule has 0 radical (unpaired) electrons. The van der Waals surface area contributed by atoms with Crippen LogP contribution in [0.5, 0.6) is 0 Å². The van der Waals surface area contributed by atoms with Crippen LogP contribution in [0, 0.1) is 17.1 Å². The predicted octanol–water partition coefficient (Wildman–Crippen LogP) is 2.87. The molecule has 7 heteroatoms. The highest BCUT2D eigenvalue weighted by molar-refractivity contribution is 7.13. The number of rotatable bonds is 2. The molecule has 5 nitrogen and oxygen atoms in total. The SMILES string of the molecule is N#Cc1ccsc1-c1nc(-c2ccc(F)cn2)no1. The van der Waals surface area contributed by atoms with Crippen molar-refractivity contribution in [2.75, 3.05) is 0 Å². The van der Waals surface area contributed by atoms with Crippen LogP contribution in [-0.2, 0) is 0 Å². The Bertz CT molecular complexity index is 757. The van der Waals surface area contributed by atoms with Gasteiger partial charge in [-0.1, -0.05) is 5.16 Å². The van der Waals surface area contributed by atoms with Crippen molar-refractivity contribution in [3.63, 3.8) is 0 Å². The Morgan fingerprint density at radius 3 is 2.95 bits per heavy atom. The molecule has 3 heterocycles. The lowest BCUT2D eigenvalue weighted by Gasteiger charge is -1.91. The minimum atomic E-state index is -0.433. The summed E-state index contributed by atoms with van der Waals surface area (Å²) in [5.74, 6) is 0.0810. The summed E-state index contributed by atoms with van der Waals surface area (Å²) in [5.41, 5.74) is 0.888. The first-order valence-corrected chi connectivity index (χ1v) is 6.09. The van der Waals surface area contributed by atoms with Gasteiger partial charge in [0.25, 0.3) is 5.89 Å². The maximum Gasteiger partial charge on any atom is 0.269 e. The van der Waals surface area contributed by atoms with Gasteiger partial charge in [0.1, 0.15) is 22.5 Å². The van der Waals surface area contributed by atoms with Gasteiger partial charge in [0.2, 0.25) is 5.82 Å². The lowest BCUT2D eigenvalue weighted by molar-refractivity contribution is 0.433. The Morgan fingerprint density at radius 1 is 1.32 bits per heavy atom. The first-order chi connectivity index (χ1) is 9.28. The fraction of sp³-hybridized carbons (Fsp3) is 0. The smallest absolute Gasteiger partial charge is 0.269 e. The van der Waals surface area contributed by atoms with Crippen molar-refractivity contribution in [2.24, 2.45) is 0 Å². The van der Waals surface area contributed by atoms with Gasteiger partial charge in [-0.05, 0) is 23.6 Å². The van der Waals surface area contributed by atoms with Crippen LogP contribution in [0.3, 0.4) is 0 Å². The monoisotopic (exact) mass is 272 g/mol. The van der Waals surface area contributed by atoms with Gasteiger partial charge >= 0.3 is 0 Å². The second-order valence-electron chi connectivity index (χ2n) is 3.56. The third kappa shape index (κ3) is 2.09. The van der Waals surface area contributed by atoms with Crippen LogP contribution in [0.15, 0.2) is 34.3 Å². The van der Waals surface area contributed by atoms with Gasteiger partial charge < -0.3 is 4.52 Å². The fourth-order valence-electron chi connectivity index (χ4n) is 1.49. The molecule has 0 atom stereocenters. The molecule has 3 rings (SSSR count). The Kier molecular flexibility index (Phi) is 2.78. The van der Waals surface area contributed by atoms with Crippen molar-refractivity contribution in [3.05, 3.63) is 41.2 Å². The maximum atomic E-state index is 12.8. The quantitative estimate of drug-likeness (QED) is 0.717. The summed E-state index contributed by atoms with van der Waals surface area (Å²) in [4.78, 5) is 8.64. The minimum Gasteiger partial charge on any atom is -0.333 e. The zero-order valence-corrected chi connectivity index (χ0v) is 10.2. The normalized spacial score (nSPS) is 10.3. The molecule has 19 heavy (non-hydrogen) atoms. The highest BCUT2D eigenvalue weighted by Gasteiger charge is 2.15. The third-order valence-corrected chi connectivity index (χ3v) is 3.26. The van der Waals surface area contributed by atoms with E-state index in [4.69, 9.17) is 9.78 Å². The topological polar surface area (TPSA) is 75.6 Å². The summed E-state index contributed by atoms with van der Waals surface area (Å²) >= 11 is 1.34. The first kappa shape index (κ1) is 11.5. The number of nitriles is 1. The van der Waals surface area contributed by atoms with Crippen molar-refractivity contribution >= 4 is 11.3 Å². The Balaban J connectivity index is 2.00. The van der Waals surface area contributed by atoms with E-state index >= 15 is 0 Å². The molecule has 0 bridgehead atoms. The highest BCUT2D eigenvalue weighted by Crippen LogP contribution is 2.28. The molecule has 0 aliphatic rings. The van der Waals surface area contributed by atoms with E-state index in [1.165, 1.54) is 23.5 Å². The van der Waals surface area contributed by atoms with Crippen molar-refractivity contribution in [2.45, 2.75) is 0 Å². The Hall–Kier alpha value is -2.59. The lowest BCUT2D eigenvalue weighted by atomic mass is 10.3. The van der Waals surface area contributed by atoms with E-state index in [1.54, 1.807) is 11.4 Å². The van der Waals surface area contributed by atoms with Crippen LogP contribution in [0.4, 0.5) is 4.39 Å². The van der Waals surface area contributed by atoms with Gasteiger partial charge in [-0.15, -0.1) is 11.3 Å². The molecule has 3 aromatic heterocycles. The molecule has 0 aromatic carbocycles. The number of nitrogens with zero attached hydrogens (tertiary/aromatic N) is 4. The molecule has 3 aromatic rings. The van der Waals surface area contributed by atoms with Gasteiger partial charge in [-0.25, -0.2) is 9.37 Å².